The third-order valence-electron chi connectivity index (χ3n) is 5.58. The average Bonchev–Trinajstić information content (AvgIpc) is 3.26. The number of hydrogen-bond acceptors (Lipinski definition) is 5. The fourth-order valence-electron chi connectivity index (χ4n) is 4.38. The molecule has 1 N–H and O–H groups in total. The Morgan fingerprint density at radius 2 is 2.08 bits per heavy atom. The van der Waals surface area contributed by atoms with E-state index in [-0.39, 0.29) is 23.3 Å². The highest BCUT2D eigenvalue weighted by atomic mass is 35.5. The van der Waals surface area contributed by atoms with Gasteiger partial charge in [-0.2, -0.15) is 0 Å². The zero-order valence-corrected chi connectivity index (χ0v) is 14.7. The average molecular weight is 373 g/mol. The quantitative estimate of drug-likeness (QED) is 0.591. The maximum atomic E-state index is 12.5. The Kier molecular flexibility index (Phi) is 3.34. The molecule has 6 nitrogen and oxygen atoms in total. The first-order valence-corrected chi connectivity index (χ1v) is 9.16. The number of ether oxygens (including phenoxy) is 1. The minimum Gasteiger partial charge on any atom is -0.478 e. The lowest BCUT2D eigenvalue weighted by Crippen LogP contribution is -2.48. The van der Waals surface area contributed by atoms with Crippen LogP contribution in [-0.2, 0) is 14.3 Å². The van der Waals surface area contributed by atoms with Crippen molar-refractivity contribution in [1.82, 2.24) is 9.80 Å². The van der Waals surface area contributed by atoms with E-state index < -0.39 is 11.8 Å². The number of allylic oxidation sites excluding steroid dienone is 3. The molecule has 2 aliphatic carbocycles. The maximum Gasteiger partial charge on any atom is 0.339 e. The molecule has 2 atom stereocenters. The number of halogens is 1. The molecule has 1 unspecified atom stereocenters. The molecule has 0 amide bonds. The fraction of sp³-hybridized carbons (Fsp3) is 0.368. The van der Waals surface area contributed by atoms with Gasteiger partial charge in [0.05, 0.1) is 17.4 Å². The molecule has 0 bridgehead atoms. The Morgan fingerprint density at radius 3 is 2.81 bits per heavy atom. The molecular formula is C19H17ClN2O4. The van der Waals surface area contributed by atoms with Crippen LogP contribution in [0.1, 0.15) is 12.8 Å². The van der Waals surface area contributed by atoms with Crippen LogP contribution in [0.5, 0.6) is 0 Å². The summed E-state index contributed by atoms with van der Waals surface area (Å²) in [7, 11) is 0. The van der Waals surface area contributed by atoms with Crippen molar-refractivity contribution in [3.63, 3.8) is 0 Å². The Morgan fingerprint density at radius 1 is 1.31 bits per heavy atom. The summed E-state index contributed by atoms with van der Waals surface area (Å²) in [5, 5.41) is 9.82. The first-order valence-electron chi connectivity index (χ1n) is 8.78. The van der Waals surface area contributed by atoms with Crippen molar-refractivity contribution in [2.24, 2.45) is 5.92 Å². The van der Waals surface area contributed by atoms with Gasteiger partial charge in [-0.05, 0) is 25.0 Å². The first kappa shape index (κ1) is 15.8. The van der Waals surface area contributed by atoms with Gasteiger partial charge in [0, 0.05) is 25.6 Å². The molecule has 0 aromatic carbocycles. The second-order valence-electron chi connectivity index (χ2n) is 7.04. The minimum atomic E-state index is -1.24. The van der Waals surface area contributed by atoms with Gasteiger partial charge < -0.3 is 19.6 Å². The molecule has 0 spiro atoms. The van der Waals surface area contributed by atoms with Gasteiger partial charge in [0.2, 0.25) is 5.78 Å². The minimum absolute atomic E-state index is 0.0725. The Labute approximate surface area is 155 Å². The van der Waals surface area contributed by atoms with Crippen LogP contribution in [-0.4, -0.2) is 52.3 Å². The SMILES string of the molecule is O=C(O)C1=CC2=C(OC3=C(Cl)C(N4CCCC4)=CC4C=CCN2[C@H]34)C1=O. The number of carbonyl (C=O) groups excluding carboxylic acids is 1. The number of nitrogens with zero attached hydrogens (tertiary/aromatic N) is 2. The summed E-state index contributed by atoms with van der Waals surface area (Å²) in [5.74, 6) is -1.13. The molecule has 0 aromatic rings. The van der Waals surface area contributed by atoms with Crippen LogP contribution in [0.25, 0.3) is 0 Å². The number of carboxylic acid groups (broad SMARTS) is 1. The summed E-state index contributed by atoms with van der Waals surface area (Å²) in [6.45, 7) is 2.50. The lowest BCUT2D eigenvalue weighted by atomic mass is 9.86. The van der Waals surface area contributed by atoms with Crippen LogP contribution < -0.4 is 0 Å². The molecule has 3 heterocycles. The van der Waals surface area contributed by atoms with Crippen LogP contribution in [0, 0.1) is 5.92 Å². The molecule has 0 aromatic heterocycles. The van der Waals surface area contributed by atoms with Gasteiger partial charge in [0.15, 0.2) is 5.76 Å². The van der Waals surface area contributed by atoms with Crippen molar-refractivity contribution >= 4 is 23.4 Å². The first-order chi connectivity index (χ1) is 12.6. The summed E-state index contributed by atoms with van der Waals surface area (Å²) in [5.41, 5.74) is 1.23. The normalized spacial score (nSPS) is 29.5. The molecule has 0 saturated carbocycles. The number of hydrogen-bond donors (Lipinski definition) is 1. The predicted molar refractivity (Wildman–Crippen MR) is 93.7 cm³/mol. The number of likely N-dealkylation sites (tertiary alicyclic amines) is 1. The number of carboxylic acids is 1. The van der Waals surface area contributed by atoms with Crippen molar-refractivity contribution in [2.75, 3.05) is 19.6 Å². The molecule has 26 heavy (non-hydrogen) atoms. The molecule has 0 radical (unpaired) electrons. The number of carbonyl (C=O) groups is 2. The van der Waals surface area contributed by atoms with Crippen molar-refractivity contribution in [2.45, 2.75) is 18.9 Å². The second kappa shape index (κ2) is 5.51. The van der Waals surface area contributed by atoms with E-state index in [1.807, 2.05) is 11.0 Å². The van der Waals surface area contributed by atoms with Gasteiger partial charge in [0.25, 0.3) is 0 Å². The van der Waals surface area contributed by atoms with Crippen LogP contribution in [0.2, 0.25) is 0 Å². The lowest BCUT2D eigenvalue weighted by molar-refractivity contribution is -0.134. The summed E-state index contributed by atoms with van der Waals surface area (Å²) in [6.07, 6.45) is 10.0. The molecule has 1 fully saturated rings. The molecule has 134 valence electrons. The largest absolute Gasteiger partial charge is 0.478 e. The third-order valence-corrected chi connectivity index (χ3v) is 5.96. The summed E-state index contributed by atoms with van der Waals surface area (Å²) in [4.78, 5) is 28.1. The smallest absolute Gasteiger partial charge is 0.339 e. The Hall–Kier alpha value is -2.47. The predicted octanol–water partition coefficient (Wildman–Crippen LogP) is 2.12. The van der Waals surface area contributed by atoms with Gasteiger partial charge in [-0.15, -0.1) is 0 Å². The molecule has 3 aliphatic heterocycles. The van der Waals surface area contributed by atoms with Gasteiger partial charge in [-0.25, -0.2) is 4.79 Å². The highest BCUT2D eigenvalue weighted by Gasteiger charge is 2.47. The summed E-state index contributed by atoms with van der Waals surface area (Å²) >= 11 is 6.71. The molecule has 5 aliphatic rings. The maximum absolute atomic E-state index is 12.5. The van der Waals surface area contributed by atoms with E-state index in [2.05, 4.69) is 17.1 Å². The van der Waals surface area contributed by atoms with Crippen molar-refractivity contribution in [3.05, 3.63) is 57.8 Å². The van der Waals surface area contributed by atoms with E-state index in [0.29, 0.717) is 23.0 Å². The van der Waals surface area contributed by atoms with Gasteiger partial charge >= 0.3 is 5.97 Å². The van der Waals surface area contributed by atoms with E-state index >= 15 is 0 Å². The van der Waals surface area contributed by atoms with Crippen LogP contribution in [0.15, 0.2) is 57.8 Å². The van der Waals surface area contributed by atoms with E-state index in [4.69, 9.17) is 16.3 Å². The van der Waals surface area contributed by atoms with E-state index in [9.17, 15) is 14.7 Å². The Balaban J connectivity index is 1.61. The van der Waals surface area contributed by atoms with Crippen molar-refractivity contribution in [3.8, 4) is 0 Å². The van der Waals surface area contributed by atoms with Gasteiger partial charge in [-0.1, -0.05) is 23.8 Å². The standard InChI is InChI=1S/C19H17ClN2O4/c20-14-12(21-5-1-2-6-21)8-10-4-3-7-22-13-9-11(19(24)25)16(23)17(13)26-18(14)15(10)22/h3-4,8-10,15H,1-2,5-7H2,(H,24,25)/t10?,15-/m0/s1. The topological polar surface area (TPSA) is 70.1 Å². The van der Waals surface area contributed by atoms with Crippen molar-refractivity contribution in [1.29, 1.82) is 0 Å². The third kappa shape index (κ3) is 2.05. The van der Waals surface area contributed by atoms with Crippen LogP contribution >= 0.6 is 11.6 Å². The fourth-order valence-corrected chi connectivity index (χ4v) is 4.71. The number of Topliss-reactive ketones (excluding diaryl/α,β-unsaturated/α-hetero) is 1. The number of ketones is 1. The summed E-state index contributed by atoms with van der Waals surface area (Å²) in [6, 6.07) is -0.144. The van der Waals surface area contributed by atoms with Crippen molar-refractivity contribution < 1.29 is 19.4 Å². The van der Waals surface area contributed by atoms with Crippen LogP contribution in [0.3, 0.4) is 0 Å². The zero-order valence-electron chi connectivity index (χ0n) is 13.9. The lowest BCUT2D eigenvalue weighted by Gasteiger charge is -2.46. The van der Waals surface area contributed by atoms with Gasteiger partial charge in [0.1, 0.15) is 16.4 Å². The van der Waals surface area contributed by atoms with E-state index in [0.717, 1.165) is 31.6 Å². The van der Waals surface area contributed by atoms with E-state index in [1.165, 1.54) is 6.08 Å². The highest BCUT2D eigenvalue weighted by Crippen LogP contribution is 2.46. The summed E-state index contributed by atoms with van der Waals surface area (Å²) < 4.78 is 5.96. The zero-order chi connectivity index (χ0) is 18.0. The monoisotopic (exact) mass is 372 g/mol. The molecular weight excluding hydrogens is 356 g/mol. The highest BCUT2D eigenvalue weighted by molar-refractivity contribution is 6.32. The number of fused-ring (bicyclic) bond motifs is 1. The Bertz CT molecular complexity index is 889. The molecule has 5 rings (SSSR count). The van der Waals surface area contributed by atoms with E-state index in [1.54, 1.807) is 0 Å². The number of aliphatic carboxylic acids is 1. The molecule has 1 saturated heterocycles. The molecule has 7 heteroatoms. The second-order valence-corrected chi connectivity index (χ2v) is 7.41. The van der Waals surface area contributed by atoms with Gasteiger partial charge in [-0.3, -0.25) is 4.79 Å². The van der Waals surface area contributed by atoms with Crippen LogP contribution in [0.4, 0.5) is 0 Å². The number of rotatable bonds is 2.